The molecular formula is C11H14N4. The van der Waals surface area contributed by atoms with Crippen LogP contribution < -0.4 is 10.2 Å². The summed E-state index contributed by atoms with van der Waals surface area (Å²) in [6.45, 7) is 4.06. The lowest BCUT2D eigenvalue weighted by molar-refractivity contribution is 0.724. The third-order valence-corrected chi connectivity index (χ3v) is 2.46. The minimum atomic E-state index is 0.650. The first kappa shape index (κ1) is 9.94. The Kier molecular flexibility index (Phi) is 3.15. The molecule has 0 aromatic carbocycles. The lowest BCUT2D eigenvalue weighted by Gasteiger charge is -2.20. The van der Waals surface area contributed by atoms with Crippen molar-refractivity contribution in [2.75, 3.05) is 31.1 Å². The van der Waals surface area contributed by atoms with Crippen molar-refractivity contribution in [1.29, 1.82) is 0 Å². The second-order valence-electron chi connectivity index (χ2n) is 3.50. The summed E-state index contributed by atoms with van der Waals surface area (Å²) in [7, 11) is 0. The van der Waals surface area contributed by atoms with Gasteiger partial charge in [0, 0.05) is 25.7 Å². The predicted molar refractivity (Wildman–Crippen MR) is 59.7 cm³/mol. The number of terminal acetylenes is 1. The van der Waals surface area contributed by atoms with E-state index in [9.17, 15) is 0 Å². The highest BCUT2D eigenvalue weighted by Crippen LogP contribution is 2.11. The second-order valence-corrected chi connectivity index (χ2v) is 3.50. The van der Waals surface area contributed by atoms with Crippen LogP contribution in [0.2, 0.25) is 0 Å². The second kappa shape index (κ2) is 4.76. The molecule has 1 fully saturated rings. The molecule has 1 aromatic rings. The third-order valence-electron chi connectivity index (χ3n) is 2.46. The molecule has 0 aliphatic carbocycles. The van der Waals surface area contributed by atoms with E-state index in [1.165, 1.54) is 6.33 Å². The number of aromatic nitrogens is 2. The summed E-state index contributed by atoms with van der Waals surface area (Å²) in [4.78, 5) is 10.5. The van der Waals surface area contributed by atoms with Gasteiger partial charge in [0.15, 0.2) is 0 Å². The number of nitrogens with one attached hydrogen (secondary N) is 1. The van der Waals surface area contributed by atoms with Gasteiger partial charge in [-0.1, -0.05) is 5.92 Å². The average Bonchev–Trinajstić information content (AvgIpc) is 2.58. The summed E-state index contributed by atoms with van der Waals surface area (Å²) in [6, 6.07) is 1.87. The molecule has 4 nitrogen and oxygen atoms in total. The molecule has 78 valence electrons. The summed E-state index contributed by atoms with van der Waals surface area (Å²) >= 11 is 0. The molecule has 0 saturated carbocycles. The van der Waals surface area contributed by atoms with Crippen LogP contribution in [0.3, 0.4) is 0 Å². The summed E-state index contributed by atoms with van der Waals surface area (Å²) in [6.07, 6.45) is 7.97. The standard InChI is InChI=1S/C11H14N4/c1-2-10-8-11(14-9-13-10)15-6-3-4-12-5-7-15/h1,8-9,12H,3-7H2. The lowest BCUT2D eigenvalue weighted by Crippen LogP contribution is -2.28. The zero-order chi connectivity index (χ0) is 10.5. The van der Waals surface area contributed by atoms with Crippen LogP contribution in [0.5, 0.6) is 0 Å². The minimum absolute atomic E-state index is 0.650. The van der Waals surface area contributed by atoms with E-state index >= 15 is 0 Å². The maximum absolute atomic E-state index is 5.31. The number of hydrogen-bond donors (Lipinski definition) is 1. The highest BCUT2D eigenvalue weighted by Gasteiger charge is 2.10. The monoisotopic (exact) mass is 202 g/mol. The Morgan fingerprint density at radius 1 is 1.33 bits per heavy atom. The quantitative estimate of drug-likeness (QED) is 0.663. The fraction of sp³-hybridized carbons (Fsp3) is 0.455. The Hall–Kier alpha value is -1.60. The maximum Gasteiger partial charge on any atom is 0.133 e. The van der Waals surface area contributed by atoms with Crippen LogP contribution in [-0.4, -0.2) is 36.1 Å². The van der Waals surface area contributed by atoms with Crippen LogP contribution in [0.25, 0.3) is 0 Å². The van der Waals surface area contributed by atoms with Crippen molar-refractivity contribution in [1.82, 2.24) is 15.3 Å². The molecule has 1 aromatic heterocycles. The van der Waals surface area contributed by atoms with E-state index < -0.39 is 0 Å². The van der Waals surface area contributed by atoms with Gasteiger partial charge in [0.25, 0.3) is 0 Å². The van der Waals surface area contributed by atoms with E-state index in [1.807, 2.05) is 6.07 Å². The molecule has 0 unspecified atom stereocenters. The van der Waals surface area contributed by atoms with Crippen LogP contribution >= 0.6 is 0 Å². The van der Waals surface area contributed by atoms with Crippen LogP contribution in [0.1, 0.15) is 12.1 Å². The van der Waals surface area contributed by atoms with Crippen LogP contribution in [0.15, 0.2) is 12.4 Å². The van der Waals surface area contributed by atoms with Gasteiger partial charge in [-0.15, -0.1) is 6.42 Å². The van der Waals surface area contributed by atoms with Gasteiger partial charge in [0.2, 0.25) is 0 Å². The van der Waals surface area contributed by atoms with Crippen molar-refractivity contribution in [3.8, 4) is 12.3 Å². The largest absolute Gasteiger partial charge is 0.355 e. The molecule has 0 radical (unpaired) electrons. The molecule has 0 atom stereocenters. The van der Waals surface area contributed by atoms with Crippen LogP contribution in [-0.2, 0) is 0 Å². The summed E-state index contributed by atoms with van der Waals surface area (Å²) in [5.74, 6) is 3.46. The summed E-state index contributed by atoms with van der Waals surface area (Å²) in [5.41, 5.74) is 0.650. The van der Waals surface area contributed by atoms with Crippen molar-refractivity contribution >= 4 is 5.82 Å². The molecule has 0 bridgehead atoms. The normalized spacial score (nSPS) is 16.9. The Balaban J connectivity index is 2.16. The van der Waals surface area contributed by atoms with Crippen LogP contribution in [0.4, 0.5) is 5.82 Å². The van der Waals surface area contributed by atoms with E-state index in [1.54, 1.807) is 0 Å². The molecule has 1 N–H and O–H groups in total. The number of nitrogens with zero attached hydrogens (tertiary/aromatic N) is 3. The zero-order valence-corrected chi connectivity index (χ0v) is 8.61. The smallest absolute Gasteiger partial charge is 0.133 e. The van der Waals surface area contributed by atoms with Gasteiger partial charge >= 0.3 is 0 Å². The number of hydrogen-bond acceptors (Lipinski definition) is 4. The van der Waals surface area contributed by atoms with Gasteiger partial charge in [-0.3, -0.25) is 0 Å². The lowest BCUT2D eigenvalue weighted by atomic mass is 10.3. The number of anilines is 1. The highest BCUT2D eigenvalue weighted by molar-refractivity contribution is 5.42. The molecular weight excluding hydrogens is 188 g/mol. The van der Waals surface area contributed by atoms with E-state index in [0.29, 0.717) is 5.69 Å². The highest BCUT2D eigenvalue weighted by atomic mass is 15.2. The number of rotatable bonds is 1. The fourth-order valence-corrected chi connectivity index (χ4v) is 1.67. The van der Waals surface area contributed by atoms with Gasteiger partial charge in [-0.05, 0) is 13.0 Å². The van der Waals surface area contributed by atoms with Gasteiger partial charge in [0.1, 0.15) is 17.8 Å². The van der Waals surface area contributed by atoms with E-state index in [2.05, 4.69) is 26.1 Å². The van der Waals surface area contributed by atoms with E-state index in [0.717, 1.165) is 38.4 Å². The molecule has 0 spiro atoms. The van der Waals surface area contributed by atoms with Crippen LogP contribution in [0, 0.1) is 12.3 Å². The minimum Gasteiger partial charge on any atom is -0.355 e. The fourth-order valence-electron chi connectivity index (χ4n) is 1.67. The topological polar surface area (TPSA) is 41.0 Å². The summed E-state index contributed by atoms with van der Waals surface area (Å²) < 4.78 is 0. The first-order chi connectivity index (χ1) is 7.40. The Labute approximate surface area is 89.7 Å². The van der Waals surface area contributed by atoms with Crippen molar-refractivity contribution in [3.05, 3.63) is 18.1 Å². The Bertz CT molecular complexity index is 361. The summed E-state index contributed by atoms with van der Waals surface area (Å²) in [5, 5.41) is 3.35. The third kappa shape index (κ3) is 2.45. The van der Waals surface area contributed by atoms with E-state index in [4.69, 9.17) is 6.42 Å². The molecule has 1 saturated heterocycles. The molecule has 0 amide bonds. The average molecular weight is 202 g/mol. The Morgan fingerprint density at radius 3 is 3.13 bits per heavy atom. The van der Waals surface area contributed by atoms with Gasteiger partial charge in [-0.2, -0.15) is 0 Å². The predicted octanol–water partition coefficient (Wildman–Crippen LogP) is 0.258. The van der Waals surface area contributed by atoms with Crippen molar-refractivity contribution in [2.24, 2.45) is 0 Å². The van der Waals surface area contributed by atoms with Gasteiger partial charge in [-0.25, -0.2) is 9.97 Å². The molecule has 2 heterocycles. The molecule has 4 heteroatoms. The Morgan fingerprint density at radius 2 is 2.27 bits per heavy atom. The zero-order valence-electron chi connectivity index (χ0n) is 8.61. The maximum atomic E-state index is 5.31. The molecule has 15 heavy (non-hydrogen) atoms. The van der Waals surface area contributed by atoms with Gasteiger partial charge < -0.3 is 10.2 Å². The SMILES string of the molecule is C#Cc1cc(N2CCCNCC2)ncn1. The van der Waals surface area contributed by atoms with E-state index in [-0.39, 0.29) is 0 Å². The molecule has 1 aliphatic rings. The van der Waals surface area contributed by atoms with Crippen molar-refractivity contribution in [2.45, 2.75) is 6.42 Å². The van der Waals surface area contributed by atoms with Crippen molar-refractivity contribution < 1.29 is 0 Å². The molecule has 2 rings (SSSR count). The van der Waals surface area contributed by atoms with Crippen molar-refractivity contribution in [3.63, 3.8) is 0 Å². The van der Waals surface area contributed by atoms with Gasteiger partial charge in [0.05, 0.1) is 0 Å². The molecule has 1 aliphatic heterocycles. The first-order valence-corrected chi connectivity index (χ1v) is 5.14. The first-order valence-electron chi connectivity index (χ1n) is 5.14.